The zero-order chi connectivity index (χ0) is 13.3. The second kappa shape index (κ2) is 5.28. The topological polar surface area (TPSA) is 57.6 Å². The molecule has 1 N–H and O–H groups in total. The maximum absolute atomic E-state index is 12.4. The molecule has 1 aromatic heterocycles. The third-order valence-electron chi connectivity index (χ3n) is 3.55. The van der Waals surface area contributed by atoms with Crippen molar-refractivity contribution in [1.82, 2.24) is 4.31 Å². The summed E-state index contributed by atoms with van der Waals surface area (Å²) in [6.45, 7) is 5.39. The van der Waals surface area contributed by atoms with Crippen LogP contribution < -0.4 is 0 Å². The van der Waals surface area contributed by atoms with Gasteiger partial charge < -0.3 is 5.11 Å². The smallest absolute Gasteiger partial charge is 0.243 e. The normalized spacial score (nSPS) is 21.9. The molecule has 0 saturated carbocycles. The fourth-order valence-electron chi connectivity index (χ4n) is 2.24. The van der Waals surface area contributed by atoms with Gasteiger partial charge in [-0.2, -0.15) is 4.31 Å². The molecule has 102 valence electrons. The van der Waals surface area contributed by atoms with Gasteiger partial charge in [0.15, 0.2) is 0 Å². The van der Waals surface area contributed by atoms with Crippen LogP contribution in [0.2, 0.25) is 0 Å². The van der Waals surface area contributed by atoms with Gasteiger partial charge in [-0.05, 0) is 24.3 Å². The first-order valence-electron chi connectivity index (χ1n) is 6.13. The van der Waals surface area contributed by atoms with E-state index in [1.807, 2.05) is 0 Å². The molecular weight excluding hydrogens is 270 g/mol. The third-order valence-corrected chi connectivity index (χ3v) is 6.47. The van der Waals surface area contributed by atoms with E-state index in [0.717, 1.165) is 6.42 Å². The SMILES string of the molecule is CC(C)C1CCN(S(=O)(=O)c2csc(CO)c2)C1. The van der Waals surface area contributed by atoms with Crippen LogP contribution in [-0.2, 0) is 16.6 Å². The Balaban J connectivity index is 2.17. The maximum atomic E-state index is 12.4. The summed E-state index contributed by atoms with van der Waals surface area (Å²) in [6.07, 6.45) is 0.938. The minimum atomic E-state index is -3.36. The van der Waals surface area contributed by atoms with Crippen LogP contribution in [0.5, 0.6) is 0 Å². The van der Waals surface area contributed by atoms with Crippen LogP contribution in [0.3, 0.4) is 0 Å². The highest BCUT2D eigenvalue weighted by molar-refractivity contribution is 7.89. The fourth-order valence-corrected chi connectivity index (χ4v) is 4.88. The van der Waals surface area contributed by atoms with Crippen molar-refractivity contribution in [3.8, 4) is 0 Å². The molecule has 4 nitrogen and oxygen atoms in total. The molecule has 0 spiro atoms. The summed E-state index contributed by atoms with van der Waals surface area (Å²) in [5.74, 6) is 0.969. The molecule has 0 aliphatic carbocycles. The second-order valence-electron chi connectivity index (χ2n) is 5.06. The zero-order valence-electron chi connectivity index (χ0n) is 10.7. The number of aliphatic hydroxyl groups is 1. The first-order valence-corrected chi connectivity index (χ1v) is 8.45. The van der Waals surface area contributed by atoms with E-state index < -0.39 is 10.0 Å². The Hall–Kier alpha value is -0.430. The van der Waals surface area contributed by atoms with Gasteiger partial charge in [0.2, 0.25) is 10.0 Å². The molecule has 1 aromatic rings. The van der Waals surface area contributed by atoms with Gasteiger partial charge in [0.05, 0.1) is 11.5 Å². The van der Waals surface area contributed by atoms with E-state index in [4.69, 9.17) is 5.11 Å². The molecule has 1 atom stereocenters. The first kappa shape index (κ1) is 14.0. The monoisotopic (exact) mass is 289 g/mol. The summed E-state index contributed by atoms with van der Waals surface area (Å²) >= 11 is 1.29. The molecule has 1 aliphatic rings. The molecule has 0 aromatic carbocycles. The van der Waals surface area contributed by atoms with Crippen molar-refractivity contribution < 1.29 is 13.5 Å². The third kappa shape index (κ3) is 2.61. The number of aliphatic hydroxyl groups excluding tert-OH is 1. The van der Waals surface area contributed by atoms with Crippen LogP contribution in [0, 0.1) is 11.8 Å². The van der Waals surface area contributed by atoms with E-state index in [9.17, 15) is 8.42 Å². The lowest BCUT2D eigenvalue weighted by atomic mass is 9.96. The largest absolute Gasteiger partial charge is 0.391 e. The highest BCUT2D eigenvalue weighted by atomic mass is 32.2. The molecule has 6 heteroatoms. The molecule has 2 heterocycles. The summed E-state index contributed by atoms with van der Waals surface area (Å²) in [5.41, 5.74) is 0. The van der Waals surface area contributed by atoms with Gasteiger partial charge in [-0.3, -0.25) is 0 Å². The highest BCUT2D eigenvalue weighted by Crippen LogP contribution is 2.30. The Labute approximate surface area is 112 Å². The standard InChI is InChI=1S/C12H19NO3S2/c1-9(2)10-3-4-13(6-10)18(15,16)12-5-11(7-14)17-8-12/h5,8-10,14H,3-4,6-7H2,1-2H3. The van der Waals surface area contributed by atoms with Crippen LogP contribution in [0.15, 0.2) is 16.3 Å². The lowest BCUT2D eigenvalue weighted by Gasteiger charge is -2.17. The van der Waals surface area contributed by atoms with Crippen LogP contribution in [0.4, 0.5) is 0 Å². The van der Waals surface area contributed by atoms with Gasteiger partial charge in [-0.1, -0.05) is 13.8 Å². The zero-order valence-corrected chi connectivity index (χ0v) is 12.3. The van der Waals surface area contributed by atoms with Gasteiger partial charge in [0, 0.05) is 23.3 Å². The molecule has 1 saturated heterocycles. The number of nitrogens with zero attached hydrogens (tertiary/aromatic N) is 1. The van der Waals surface area contributed by atoms with E-state index in [1.54, 1.807) is 15.8 Å². The molecule has 0 amide bonds. The van der Waals surface area contributed by atoms with Crippen LogP contribution in [0.1, 0.15) is 25.1 Å². The number of sulfonamides is 1. The van der Waals surface area contributed by atoms with Gasteiger partial charge in [0.25, 0.3) is 0 Å². The molecular formula is C12H19NO3S2. The molecule has 1 aliphatic heterocycles. The molecule has 0 bridgehead atoms. The Kier molecular flexibility index (Phi) is 4.11. The fraction of sp³-hybridized carbons (Fsp3) is 0.667. The summed E-state index contributed by atoms with van der Waals surface area (Å²) in [4.78, 5) is 1.01. The molecule has 2 rings (SSSR count). The molecule has 18 heavy (non-hydrogen) atoms. The second-order valence-corrected chi connectivity index (χ2v) is 8.00. The van der Waals surface area contributed by atoms with Crippen molar-refractivity contribution in [2.45, 2.75) is 31.8 Å². The minimum Gasteiger partial charge on any atom is -0.391 e. The van der Waals surface area contributed by atoms with Crippen molar-refractivity contribution in [3.05, 3.63) is 16.3 Å². The van der Waals surface area contributed by atoms with Crippen molar-refractivity contribution in [3.63, 3.8) is 0 Å². The van der Waals surface area contributed by atoms with E-state index in [1.165, 1.54) is 11.3 Å². The predicted octanol–water partition coefficient (Wildman–Crippen LogP) is 1.91. The average molecular weight is 289 g/mol. The number of hydrogen-bond donors (Lipinski definition) is 1. The number of rotatable bonds is 4. The van der Waals surface area contributed by atoms with E-state index in [-0.39, 0.29) is 6.61 Å². The lowest BCUT2D eigenvalue weighted by molar-refractivity contribution is 0.285. The van der Waals surface area contributed by atoms with Gasteiger partial charge in [-0.15, -0.1) is 11.3 Å². The Bertz CT molecular complexity index is 507. The number of hydrogen-bond acceptors (Lipinski definition) is 4. The Morgan fingerprint density at radius 3 is 2.78 bits per heavy atom. The van der Waals surface area contributed by atoms with Crippen molar-refractivity contribution in [2.24, 2.45) is 11.8 Å². The molecule has 0 radical (unpaired) electrons. The Morgan fingerprint density at radius 1 is 1.56 bits per heavy atom. The molecule has 1 fully saturated rings. The summed E-state index contributed by atoms with van der Waals surface area (Å²) < 4.78 is 26.3. The van der Waals surface area contributed by atoms with Gasteiger partial charge in [-0.25, -0.2) is 8.42 Å². The lowest BCUT2D eigenvalue weighted by Crippen LogP contribution is -2.29. The summed E-state index contributed by atoms with van der Waals surface area (Å²) in [5, 5.41) is 10.6. The van der Waals surface area contributed by atoms with Gasteiger partial charge >= 0.3 is 0 Å². The summed E-state index contributed by atoms with van der Waals surface area (Å²) in [7, 11) is -3.36. The molecule has 1 unspecified atom stereocenters. The average Bonchev–Trinajstić information content (AvgIpc) is 2.98. The van der Waals surface area contributed by atoms with Crippen molar-refractivity contribution in [2.75, 3.05) is 13.1 Å². The Morgan fingerprint density at radius 2 is 2.28 bits per heavy atom. The van der Waals surface area contributed by atoms with Crippen molar-refractivity contribution >= 4 is 21.4 Å². The van der Waals surface area contributed by atoms with Crippen molar-refractivity contribution in [1.29, 1.82) is 0 Å². The van der Waals surface area contributed by atoms with E-state index >= 15 is 0 Å². The van der Waals surface area contributed by atoms with Crippen LogP contribution in [0.25, 0.3) is 0 Å². The number of thiophene rings is 1. The minimum absolute atomic E-state index is 0.102. The maximum Gasteiger partial charge on any atom is 0.243 e. The quantitative estimate of drug-likeness (QED) is 0.921. The van der Waals surface area contributed by atoms with E-state index in [0.29, 0.717) is 34.7 Å². The van der Waals surface area contributed by atoms with Crippen LogP contribution >= 0.6 is 11.3 Å². The summed E-state index contributed by atoms with van der Waals surface area (Å²) in [6, 6.07) is 1.57. The predicted molar refractivity (Wildman–Crippen MR) is 71.9 cm³/mol. The van der Waals surface area contributed by atoms with E-state index in [2.05, 4.69) is 13.8 Å². The highest BCUT2D eigenvalue weighted by Gasteiger charge is 2.34. The first-order chi connectivity index (χ1) is 8.45. The van der Waals surface area contributed by atoms with Crippen LogP contribution in [-0.4, -0.2) is 30.9 Å². The van der Waals surface area contributed by atoms with Gasteiger partial charge in [0.1, 0.15) is 0 Å².